The SMILES string of the molecule is N#Cc1cc(F)cc(C2CC(F)CN2c2nn3ccccc3c2C(N)=O)c1. The number of nitriles is 1. The number of benzene rings is 1. The predicted molar refractivity (Wildman–Crippen MR) is 94.4 cm³/mol. The molecule has 1 fully saturated rings. The normalized spacial score (nSPS) is 19.4. The molecule has 1 aliphatic heterocycles. The van der Waals surface area contributed by atoms with Crippen LogP contribution in [0.4, 0.5) is 14.6 Å². The van der Waals surface area contributed by atoms with E-state index in [1.165, 1.54) is 16.6 Å². The molecule has 1 saturated heterocycles. The van der Waals surface area contributed by atoms with E-state index in [9.17, 15) is 13.6 Å². The molecule has 2 unspecified atom stereocenters. The molecule has 2 aromatic heterocycles. The first-order chi connectivity index (χ1) is 13.0. The quantitative estimate of drug-likeness (QED) is 0.771. The third-order valence-electron chi connectivity index (χ3n) is 4.72. The molecule has 8 heteroatoms. The highest BCUT2D eigenvalue weighted by molar-refractivity contribution is 6.04. The third kappa shape index (κ3) is 2.87. The Balaban J connectivity index is 1.87. The highest BCUT2D eigenvalue weighted by atomic mass is 19.1. The van der Waals surface area contributed by atoms with Gasteiger partial charge in [-0.05, 0) is 35.9 Å². The Hall–Kier alpha value is -3.47. The van der Waals surface area contributed by atoms with Crippen LogP contribution in [0.5, 0.6) is 0 Å². The Morgan fingerprint density at radius 2 is 2.15 bits per heavy atom. The van der Waals surface area contributed by atoms with Crippen molar-refractivity contribution >= 4 is 17.2 Å². The molecule has 1 amide bonds. The zero-order valence-corrected chi connectivity index (χ0v) is 14.1. The largest absolute Gasteiger partial charge is 0.365 e. The lowest BCUT2D eigenvalue weighted by Crippen LogP contribution is -2.27. The van der Waals surface area contributed by atoms with E-state index in [0.29, 0.717) is 11.1 Å². The van der Waals surface area contributed by atoms with Crippen LogP contribution in [-0.2, 0) is 0 Å². The lowest BCUT2D eigenvalue weighted by Gasteiger charge is -2.25. The van der Waals surface area contributed by atoms with Crippen molar-refractivity contribution in [3.05, 3.63) is 65.1 Å². The van der Waals surface area contributed by atoms with Crippen LogP contribution in [0.3, 0.4) is 0 Å². The van der Waals surface area contributed by atoms with Crippen molar-refractivity contribution in [2.45, 2.75) is 18.6 Å². The predicted octanol–water partition coefficient (Wildman–Crippen LogP) is 2.73. The molecule has 3 heterocycles. The average molecular weight is 367 g/mol. The smallest absolute Gasteiger partial charge is 0.254 e. The Morgan fingerprint density at radius 3 is 2.89 bits per heavy atom. The van der Waals surface area contributed by atoms with Crippen LogP contribution in [-0.4, -0.2) is 28.2 Å². The van der Waals surface area contributed by atoms with Crippen molar-refractivity contribution in [3.8, 4) is 6.07 Å². The highest BCUT2D eigenvalue weighted by Gasteiger charge is 2.37. The Labute approximate surface area is 153 Å². The maximum Gasteiger partial charge on any atom is 0.254 e. The Bertz CT molecular complexity index is 1090. The second-order valence-corrected chi connectivity index (χ2v) is 6.48. The van der Waals surface area contributed by atoms with Gasteiger partial charge in [-0.3, -0.25) is 4.79 Å². The highest BCUT2D eigenvalue weighted by Crippen LogP contribution is 2.39. The number of rotatable bonds is 3. The van der Waals surface area contributed by atoms with Gasteiger partial charge < -0.3 is 10.6 Å². The number of alkyl halides is 1. The first kappa shape index (κ1) is 17.0. The van der Waals surface area contributed by atoms with Crippen LogP contribution < -0.4 is 10.6 Å². The van der Waals surface area contributed by atoms with E-state index in [1.807, 2.05) is 6.07 Å². The molecule has 4 rings (SSSR count). The fraction of sp³-hybridized carbons (Fsp3) is 0.211. The molecule has 136 valence electrons. The van der Waals surface area contributed by atoms with Gasteiger partial charge in [-0.25, -0.2) is 13.3 Å². The van der Waals surface area contributed by atoms with Crippen LogP contribution in [0.15, 0.2) is 42.6 Å². The van der Waals surface area contributed by atoms with E-state index in [-0.39, 0.29) is 29.9 Å². The summed E-state index contributed by atoms with van der Waals surface area (Å²) in [5, 5.41) is 13.5. The molecule has 0 saturated carbocycles. The molecular weight excluding hydrogens is 352 g/mol. The summed E-state index contributed by atoms with van der Waals surface area (Å²) >= 11 is 0. The van der Waals surface area contributed by atoms with E-state index >= 15 is 0 Å². The summed E-state index contributed by atoms with van der Waals surface area (Å²) in [6.07, 6.45) is 0.578. The summed E-state index contributed by atoms with van der Waals surface area (Å²) in [5.41, 5.74) is 6.87. The number of hydrogen-bond donors (Lipinski definition) is 1. The van der Waals surface area contributed by atoms with Gasteiger partial charge in [-0.1, -0.05) is 6.07 Å². The van der Waals surface area contributed by atoms with E-state index in [0.717, 1.165) is 6.07 Å². The Kier molecular flexibility index (Phi) is 4.00. The fourth-order valence-electron chi connectivity index (χ4n) is 3.63. The van der Waals surface area contributed by atoms with Crippen LogP contribution in [0.2, 0.25) is 0 Å². The second kappa shape index (κ2) is 6.36. The van der Waals surface area contributed by atoms with Gasteiger partial charge in [0.05, 0.1) is 29.7 Å². The van der Waals surface area contributed by atoms with Crippen molar-refractivity contribution in [2.75, 3.05) is 11.4 Å². The average Bonchev–Trinajstić information content (AvgIpc) is 3.21. The molecule has 6 nitrogen and oxygen atoms in total. The third-order valence-corrected chi connectivity index (χ3v) is 4.72. The number of nitrogens with zero attached hydrogens (tertiary/aromatic N) is 4. The van der Waals surface area contributed by atoms with Gasteiger partial charge in [0.25, 0.3) is 5.91 Å². The van der Waals surface area contributed by atoms with Gasteiger partial charge in [0.1, 0.15) is 17.6 Å². The van der Waals surface area contributed by atoms with E-state index in [2.05, 4.69) is 5.10 Å². The summed E-state index contributed by atoms with van der Waals surface area (Å²) in [4.78, 5) is 13.7. The number of primary amides is 1. The second-order valence-electron chi connectivity index (χ2n) is 6.48. The van der Waals surface area contributed by atoms with Crippen molar-refractivity contribution in [1.29, 1.82) is 5.26 Å². The number of hydrogen-bond acceptors (Lipinski definition) is 4. The minimum Gasteiger partial charge on any atom is -0.365 e. The Morgan fingerprint density at radius 1 is 1.33 bits per heavy atom. The minimum absolute atomic E-state index is 0.00672. The van der Waals surface area contributed by atoms with Crippen molar-refractivity contribution in [2.24, 2.45) is 5.73 Å². The molecule has 3 aromatic rings. The summed E-state index contributed by atoms with van der Waals surface area (Å²) in [7, 11) is 0. The first-order valence-corrected chi connectivity index (χ1v) is 8.36. The number of fused-ring (bicyclic) bond motifs is 1. The molecule has 1 aromatic carbocycles. The molecule has 0 bridgehead atoms. The lowest BCUT2D eigenvalue weighted by molar-refractivity contribution is 0.100. The molecule has 0 radical (unpaired) electrons. The summed E-state index contributed by atoms with van der Waals surface area (Å²) in [6.45, 7) is -0.00672. The number of halogens is 2. The number of amides is 1. The number of carbonyl (C=O) groups excluding carboxylic acids is 1. The number of carbonyl (C=O) groups is 1. The standard InChI is InChI=1S/C19H15F2N5O/c20-13-6-11(9-22)5-12(7-13)16-8-14(21)10-25(16)19-17(18(23)27)15-3-1-2-4-26(15)24-19/h1-7,14,16H,8,10H2,(H2,23,27). The lowest BCUT2D eigenvalue weighted by atomic mass is 10.0. The van der Waals surface area contributed by atoms with Gasteiger partial charge in [-0.2, -0.15) is 5.26 Å². The van der Waals surface area contributed by atoms with Crippen LogP contribution in [0.25, 0.3) is 5.52 Å². The van der Waals surface area contributed by atoms with Crippen molar-refractivity contribution in [1.82, 2.24) is 9.61 Å². The van der Waals surface area contributed by atoms with Gasteiger partial charge >= 0.3 is 0 Å². The number of pyridine rings is 1. The zero-order valence-electron chi connectivity index (χ0n) is 14.1. The van der Waals surface area contributed by atoms with E-state index in [1.54, 1.807) is 29.3 Å². The summed E-state index contributed by atoms with van der Waals surface area (Å²) < 4.78 is 29.7. The molecule has 1 aliphatic rings. The minimum atomic E-state index is -1.19. The van der Waals surface area contributed by atoms with Crippen LogP contribution in [0, 0.1) is 17.1 Å². The maximum absolute atomic E-state index is 14.3. The van der Waals surface area contributed by atoms with Gasteiger partial charge in [0.2, 0.25) is 0 Å². The van der Waals surface area contributed by atoms with Crippen LogP contribution in [0.1, 0.15) is 33.9 Å². The zero-order chi connectivity index (χ0) is 19.1. The topological polar surface area (TPSA) is 87.4 Å². The van der Waals surface area contributed by atoms with Gasteiger partial charge in [0, 0.05) is 12.6 Å². The molecule has 0 spiro atoms. The number of nitrogens with two attached hydrogens (primary N) is 1. The monoisotopic (exact) mass is 367 g/mol. The number of aromatic nitrogens is 2. The molecule has 2 N–H and O–H groups in total. The number of anilines is 1. The molecular formula is C19H15F2N5O. The van der Waals surface area contributed by atoms with Gasteiger partial charge in [0.15, 0.2) is 5.82 Å². The summed E-state index contributed by atoms with van der Waals surface area (Å²) in [6, 6.07) is 10.5. The fourth-order valence-corrected chi connectivity index (χ4v) is 3.63. The van der Waals surface area contributed by atoms with Crippen LogP contribution >= 0.6 is 0 Å². The molecule has 2 atom stereocenters. The van der Waals surface area contributed by atoms with E-state index in [4.69, 9.17) is 11.0 Å². The van der Waals surface area contributed by atoms with Crippen molar-refractivity contribution in [3.63, 3.8) is 0 Å². The van der Waals surface area contributed by atoms with Crippen molar-refractivity contribution < 1.29 is 13.6 Å². The first-order valence-electron chi connectivity index (χ1n) is 8.36. The molecule has 27 heavy (non-hydrogen) atoms. The summed E-state index contributed by atoms with van der Waals surface area (Å²) in [5.74, 6) is -0.998. The van der Waals surface area contributed by atoms with E-state index < -0.39 is 23.9 Å². The molecule has 0 aliphatic carbocycles. The maximum atomic E-state index is 14.3. The van der Waals surface area contributed by atoms with Gasteiger partial charge in [-0.15, -0.1) is 5.10 Å².